The SMILES string of the molecule is Cc1cc(-n2c(C(C)C)c(C3CC[C@@H](C(=O)O)OC3)c3nc4[nH]ncc4cc32)ccc1F. The first kappa shape index (κ1) is 20.6. The molecule has 8 heteroatoms. The molecular formula is C24H25FN4O3. The number of ether oxygens (including phenoxy) is 1. The summed E-state index contributed by atoms with van der Waals surface area (Å²) in [5.41, 5.74) is 6.05. The smallest absolute Gasteiger partial charge is 0.332 e. The fourth-order valence-electron chi connectivity index (χ4n) is 4.80. The van der Waals surface area contributed by atoms with Gasteiger partial charge in [-0.3, -0.25) is 5.10 Å². The van der Waals surface area contributed by atoms with E-state index in [-0.39, 0.29) is 17.7 Å². The van der Waals surface area contributed by atoms with E-state index in [2.05, 4.69) is 34.7 Å². The van der Waals surface area contributed by atoms with Crippen LogP contribution in [0.3, 0.4) is 0 Å². The Morgan fingerprint density at radius 3 is 2.78 bits per heavy atom. The fraction of sp³-hybridized carbons (Fsp3) is 0.375. The number of halogens is 1. The van der Waals surface area contributed by atoms with Gasteiger partial charge in [0, 0.05) is 28.2 Å². The Kier molecular flexibility index (Phi) is 4.97. The molecule has 0 spiro atoms. The van der Waals surface area contributed by atoms with Crippen LogP contribution in [-0.2, 0) is 9.53 Å². The molecule has 0 saturated carbocycles. The Hall–Kier alpha value is -3.26. The van der Waals surface area contributed by atoms with Gasteiger partial charge < -0.3 is 14.4 Å². The van der Waals surface area contributed by atoms with E-state index < -0.39 is 12.1 Å². The molecule has 2 atom stereocenters. The first-order chi connectivity index (χ1) is 15.3. The number of H-pyrrole nitrogens is 1. The molecule has 0 amide bonds. The Labute approximate surface area is 184 Å². The van der Waals surface area contributed by atoms with E-state index >= 15 is 0 Å². The van der Waals surface area contributed by atoms with Crippen LogP contribution in [0.4, 0.5) is 4.39 Å². The van der Waals surface area contributed by atoms with Crippen molar-refractivity contribution in [2.75, 3.05) is 6.61 Å². The highest BCUT2D eigenvalue weighted by atomic mass is 19.1. The fourth-order valence-corrected chi connectivity index (χ4v) is 4.80. The highest BCUT2D eigenvalue weighted by molar-refractivity contribution is 5.93. The van der Waals surface area contributed by atoms with Crippen LogP contribution in [0.25, 0.3) is 27.8 Å². The number of carboxylic acid groups (broad SMARTS) is 1. The van der Waals surface area contributed by atoms with Crippen molar-refractivity contribution in [1.29, 1.82) is 0 Å². The van der Waals surface area contributed by atoms with Crippen molar-refractivity contribution in [2.24, 2.45) is 0 Å². The summed E-state index contributed by atoms with van der Waals surface area (Å²) >= 11 is 0. The minimum absolute atomic E-state index is 0.0150. The summed E-state index contributed by atoms with van der Waals surface area (Å²) in [5.74, 6) is -0.999. The number of aromatic amines is 1. The standard InChI is InChI=1S/C24H25FN4O3/c1-12(2)22-20(14-4-7-19(24(30)31)32-11-14)21-18(9-15-10-26-28-23(15)27-21)29(22)16-5-6-17(25)13(3)8-16/h5-6,8-10,12,14,19H,4,7,11H2,1-3H3,(H,30,31)(H,26,27,28)/t14?,19-/m0/s1. The number of aliphatic carboxylic acids is 1. The van der Waals surface area contributed by atoms with E-state index in [0.717, 1.165) is 33.4 Å². The predicted molar refractivity (Wildman–Crippen MR) is 119 cm³/mol. The molecule has 3 aromatic heterocycles. The zero-order valence-corrected chi connectivity index (χ0v) is 18.2. The number of carboxylic acids is 1. The highest BCUT2D eigenvalue weighted by Crippen LogP contribution is 2.41. The average Bonchev–Trinajstić information content (AvgIpc) is 3.36. The summed E-state index contributed by atoms with van der Waals surface area (Å²) in [6, 6.07) is 7.18. The summed E-state index contributed by atoms with van der Waals surface area (Å²) in [6.45, 7) is 6.33. The van der Waals surface area contributed by atoms with Gasteiger partial charge in [-0.1, -0.05) is 13.8 Å². The number of aromatic nitrogens is 4. The van der Waals surface area contributed by atoms with Crippen LogP contribution in [0.2, 0.25) is 0 Å². The largest absolute Gasteiger partial charge is 0.479 e. The molecule has 2 N–H and O–H groups in total. The first-order valence-corrected chi connectivity index (χ1v) is 10.8. The second-order valence-electron chi connectivity index (χ2n) is 8.82. The number of nitrogens with zero attached hydrogens (tertiary/aromatic N) is 3. The van der Waals surface area contributed by atoms with Crippen molar-refractivity contribution in [2.45, 2.75) is 51.6 Å². The van der Waals surface area contributed by atoms with Crippen LogP contribution in [0.5, 0.6) is 0 Å². The summed E-state index contributed by atoms with van der Waals surface area (Å²) < 4.78 is 21.9. The van der Waals surface area contributed by atoms with Crippen molar-refractivity contribution >= 4 is 28.0 Å². The van der Waals surface area contributed by atoms with Crippen LogP contribution in [0.1, 0.15) is 55.3 Å². The lowest BCUT2D eigenvalue weighted by Crippen LogP contribution is -2.31. The maximum atomic E-state index is 14.1. The number of fused-ring (bicyclic) bond motifs is 2. The lowest BCUT2D eigenvalue weighted by molar-refractivity contribution is -0.153. The van der Waals surface area contributed by atoms with Gasteiger partial charge >= 0.3 is 5.97 Å². The van der Waals surface area contributed by atoms with Gasteiger partial charge in [-0.25, -0.2) is 14.2 Å². The van der Waals surface area contributed by atoms with E-state index in [1.54, 1.807) is 19.2 Å². The van der Waals surface area contributed by atoms with Gasteiger partial charge in [0.2, 0.25) is 0 Å². The molecule has 5 rings (SSSR count). The highest BCUT2D eigenvalue weighted by Gasteiger charge is 2.33. The molecule has 1 unspecified atom stereocenters. The van der Waals surface area contributed by atoms with Crippen LogP contribution in [-0.4, -0.2) is 43.5 Å². The normalized spacial score (nSPS) is 19.3. The topological polar surface area (TPSA) is 93.0 Å². The van der Waals surface area contributed by atoms with Gasteiger partial charge in [-0.05, 0) is 55.5 Å². The van der Waals surface area contributed by atoms with E-state index in [9.17, 15) is 14.3 Å². The number of hydrogen-bond acceptors (Lipinski definition) is 4. The molecule has 7 nitrogen and oxygen atoms in total. The summed E-state index contributed by atoms with van der Waals surface area (Å²) in [7, 11) is 0. The molecule has 0 radical (unpaired) electrons. The van der Waals surface area contributed by atoms with Crippen molar-refractivity contribution in [3.8, 4) is 5.69 Å². The molecule has 4 heterocycles. The number of rotatable bonds is 4. The maximum absolute atomic E-state index is 14.1. The van der Waals surface area contributed by atoms with E-state index in [1.165, 1.54) is 6.07 Å². The molecule has 1 saturated heterocycles. The lowest BCUT2D eigenvalue weighted by Gasteiger charge is -2.28. The van der Waals surface area contributed by atoms with Crippen molar-refractivity contribution < 1.29 is 19.0 Å². The second-order valence-corrected chi connectivity index (χ2v) is 8.82. The maximum Gasteiger partial charge on any atom is 0.332 e. The van der Waals surface area contributed by atoms with Crippen molar-refractivity contribution in [1.82, 2.24) is 19.7 Å². The predicted octanol–water partition coefficient (Wildman–Crippen LogP) is 4.82. The van der Waals surface area contributed by atoms with E-state index in [1.807, 2.05) is 6.07 Å². The number of carbonyl (C=O) groups is 1. The molecule has 32 heavy (non-hydrogen) atoms. The molecule has 0 aliphatic carbocycles. The molecule has 1 fully saturated rings. The Balaban J connectivity index is 1.78. The minimum atomic E-state index is -0.922. The zero-order valence-electron chi connectivity index (χ0n) is 18.2. The lowest BCUT2D eigenvalue weighted by atomic mass is 9.88. The number of aryl methyl sites for hydroxylation is 1. The number of pyridine rings is 1. The summed E-state index contributed by atoms with van der Waals surface area (Å²) in [5, 5.41) is 17.3. The van der Waals surface area contributed by atoms with Crippen LogP contribution < -0.4 is 0 Å². The second kappa shape index (κ2) is 7.70. The van der Waals surface area contributed by atoms with Crippen LogP contribution >= 0.6 is 0 Å². The molecule has 4 aromatic rings. The monoisotopic (exact) mass is 436 g/mol. The van der Waals surface area contributed by atoms with Crippen molar-refractivity contribution in [3.05, 3.63) is 53.1 Å². The van der Waals surface area contributed by atoms with E-state index in [0.29, 0.717) is 30.7 Å². The summed E-state index contributed by atoms with van der Waals surface area (Å²) in [6.07, 6.45) is 2.12. The first-order valence-electron chi connectivity index (χ1n) is 10.8. The molecule has 1 aliphatic rings. The third-order valence-electron chi connectivity index (χ3n) is 6.33. The van der Waals surface area contributed by atoms with Gasteiger partial charge in [-0.2, -0.15) is 5.10 Å². The molecule has 0 bridgehead atoms. The molecule has 1 aromatic carbocycles. The Morgan fingerprint density at radius 2 is 2.12 bits per heavy atom. The average molecular weight is 436 g/mol. The quantitative estimate of drug-likeness (QED) is 0.478. The van der Waals surface area contributed by atoms with Crippen LogP contribution in [0.15, 0.2) is 30.5 Å². The van der Waals surface area contributed by atoms with E-state index in [4.69, 9.17) is 9.72 Å². The molecule has 1 aliphatic heterocycles. The van der Waals surface area contributed by atoms with Gasteiger partial charge in [0.15, 0.2) is 11.8 Å². The number of hydrogen-bond donors (Lipinski definition) is 2. The number of benzene rings is 1. The van der Waals surface area contributed by atoms with Gasteiger partial charge in [0.05, 0.1) is 23.8 Å². The van der Waals surface area contributed by atoms with Gasteiger partial charge in [0.25, 0.3) is 0 Å². The summed E-state index contributed by atoms with van der Waals surface area (Å²) in [4.78, 5) is 16.3. The number of nitrogens with one attached hydrogen (secondary N) is 1. The van der Waals surface area contributed by atoms with Crippen molar-refractivity contribution in [3.63, 3.8) is 0 Å². The third-order valence-corrected chi connectivity index (χ3v) is 6.33. The van der Waals surface area contributed by atoms with Gasteiger partial charge in [0.1, 0.15) is 5.82 Å². The van der Waals surface area contributed by atoms with Crippen LogP contribution in [0, 0.1) is 12.7 Å². The molecule has 166 valence electrons. The zero-order chi connectivity index (χ0) is 22.6. The molecular weight excluding hydrogens is 411 g/mol. The van der Waals surface area contributed by atoms with Gasteiger partial charge in [-0.15, -0.1) is 0 Å². The Bertz CT molecular complexity index is 1330. The Morgan fingerprint density at radius 1 is 1.31 bits per heavy atom. The minimum Gasteiger partial charge on any atom is -0.479 e. The third kappa shape index (κ3) is 3.26.